The van der Waals surface area contributed by atoms with Crippen LogP contribution in [0.15, 0.2) is 41.0 Å². The zero-order valence-corrected chi connectivity index (χ0v) is 12.3. The molecule has 18 heavy (non-hydrogen) atoms. The first-order valence-corrected chi connectivity index (χ1v) is 6.90. The molecule has 0 saturated heterocycles. The standard InChI is InChI=1S/C14H18BrN3/c1-16-13(11-6-4-3-5-7-11)8-9-14-12(15)10-17-18(14)2/h3-7,10,13,16H,8-9H2,1-2H3. The minimum absolute atomic E-state index is 0.382. The summed E-state index contributed by atoms with van der Waals surface area (Å²) in [4.78, 5) is 0. The fourth-order valence-corrected chi connectivity index (χ4v) is 2.71. The first kappa shape index (κ1) is 13.3. The normalized spacial score (nSPS) is 12.6. The van der Waals surface area contributed by atoms with E-state index in [1.165, 1.54) is 11.3 Å². The van der Waals surface area contributed by atoms with E-state index in [1.54, 1.807) is 0 Å². The molecule has 0 aliphatic rings. The van der Waals surface area contributed by atoms with Gasteiger partial charge in [0.1, 0.15) is 0 Å². The number of hydrogen-bond donors (Lipinski definition) is 1. The molecule has 1 atom stereocenters. The number of hydrogen-bond acceptors (Lipinski definition) is 2. The van der Waals surface area contributed by atoms with Crippen LogP contribution in [0.4, 0.5) is 0 Å². The zero-order chi connectivity index (χ0) is 13.0. The maximum Gasteiger partial charge on any atom is 0.0635 e. The Kier molecular flexibility index (Phi) is 4.55. The van der Waals surface area contributed by atoms with Crippen LogP contribution in [0.1, 0.15) is 23.7 Å². The van der Waals surface area contributed by atoms with Gasteiger partial charge in [-0.25, -0.2) is 0 Å². The molecule has 0 amide bonds. The van der Waals surface area contributed by atoms with Crippen LogP contribution >= 0.6 is 15.9 Å². The van der Waals surface area contributed by atoms with Crippen molar-refractivity contribution in [2.45, 2.75) is 18.9 Å². The van der Waals surface area contributed by atoms with Crippen molar-refractivity contribution in [1.82, 2.24) is 15.1 Å². The van der Waals surface area contributed by atoms with Crippen LogP contribution in [0.25, 0.3) is 0 Å². The van der Waals surface area contributed by atoms with E-state index in [4.69, 9.17) is 0 Å². The smallest absolute Gasteiger partial charge is 0.0635 e. The minimum atomic E-state index is 0.382. The first-order chi connectivity index (χ1) is 8.72. The second-order valence-electron chi connectivity index (χ2n) is 4.35. The van der Waals surface area contributed by atoms with E-state index < -0.39 is 0 Å². The predicted molar refractivity (Wildman–Crippen MR) is 77.5 cm³/mol. The molecule has 0 radical (unpaired) electrons. The number of aromatic nitrogens is 2. The van der Waals surface area contributed by atoms with E-state index in [9.17, 15) is 0 Å². The summed E-state index contributed by atoms with van der Waals surface area (Å²) in [5, 5.41) is 7.62. The van der Waals surface area contributed by atoms with Gasteiger partial charge in [0.15, 0.2) is 0 Å². The number of benzene rings is 1. The fraction of sp³-hybridized carbons (Fsp3) is 0.357. The van der Waals surface area contributed by atoms with Gasteiger partial charge in [0.2, 0.25) is 0 Å². The lowest BCUT2D eigenvalue weighted by Crippen LogP contribution is -2.17. The van der Waals surface area contributed by atoms with E-state index in [-0.39, 0.29) is 0 Å². The van der Waals surface area contributed by atoms with Crippen LogP contribution in [-0.2, 0) is 13.5 Å². The molecule has 0 aliphatic carbocycles. The quantitative estimate of drug-likeness (QED) is 0.920. The third-order valence-electron chi connectivity index (χ3n) is 3.23. The van der Waals surface area contributed by atoms with Crippen molar-refractivity contribution < 1.29 is 0 Å². The topological polar surface area (TPSA) is 29.9 Å². The second-order valence-corrected chi connectivity index (χ2v) is 5.21. The average molecular weight is 308 g/mol. The average Bonchev–Trinajstić information content (AvgIpc) is 2.72. The van der Waals surface area contributed by atoms with Gasteiger partial charge in [-0.15, -0.1) is 0 Å². The molecule has 0 bridgehead atoms. The summed E-state index contributed by atoms with van der Waals surface area (Å²) in [5.74, 6) is 0. The summed E-state index contributed by atoms with van der Waals surface area (Å²) in [6.45, 7) is 0. The van der Waals surface area contributed by atoms with Crippen LogP contribution in [0.2, 0.25) is 0 Å². The maximum atomic E-state index is 4.24. The lowest BCUT2D eigenvalue weighted by atomic mass is 10.0. The molecule has 3 nitrogen and oxygen atoms in total. The van der Waals surface area contributed by atoms with Crippen molar-refractivity contribution in [1.29, 1.82) is 0 Å². The van der Waals surface area contributed by atoms with Gasteiger partial charge in [0.25, 0.3) is 0 Å². The fourth-order valence-electron chi connectivity index (χ4n) is 2.16. The summed E-state index contributed by atoms with van der Waals surface area (Å²) >= 11 is 3.54. The van der Waals surface area contributed by atoms with Crippen LogP contribution in [-0.4, -0.2) is 16.8 Å². The number of nitrogens with zero attached hydrogens (tertiary/aromatic N) is 2. The van der Waals surface area contributed by atoms with Gasteiger partial charge >= 0.3 is 0 Å². The number of halogens is 1. The summed E-state index contributed by atoms with van der Waals surface area (Å²) in [5.41, 5.74) is 2.57. The van der Waals surface area contributed by atoms with E-state index in [1.807, 2.05) is 31.0 Å². The molecule has 1 aromatic carbocycles. The van der Waals surface area contributed by atoms with Gasteiger partial charge in [-0.2, -0.15) is 5.10 Å². The second kappa shape index (κ2) is 6.16. The van der Waals surface area contributed by atoms with Crippen molar-refractivity contribution >= 4 is 15.9 Å². The van der Waals surface area contributed by atoms with Gasteiger partial charge in [-0.3, -0.25) is 4.68 Å². The Morgan fingerprint density at radius 2 is 2.06 bits per heavy atom. The van der Waals surface area contributed by atoms with Crippen LogP contribution in [0.5, 0.6) is 0 Å². The molecule has 0 fully saturated rings. The number of aryl methyl sites for hydroxylation is 1. The molecule has 2 aromatic rings. The van der Waals surface area contributed by atoms with Crippen molar-refractivity contribution in [3.05, 3.63) is 52.3 Å². The summed E-state index contributed by atoms with van der Waals surface area (Å²) in [6.07, 6.45) is 3.91. The molecular weight excluding hydrogens is 290 g/mol. The van der Waals surface area contributed by atoms with Gasteiger partial charge in [-0.05, 0) is 41.4 Å². The largest absolute Gasteiger partial charge is 0.313 e. The summed E-state index contributed by atoms with van der Waals surface area (Å²) in [7, 11) is 3.99. The van der Waals surface area contributed by atoms with E-state index in [0.29, 0.717) is 6.04 Å². The molecular formula is C14H18BrN3. The van der Waals surface area contributed by atoms with Crippen molar-refractivity contribution in [2.24, 2.45) is 7.05 Å². The Morgan fingerprint density at radius 1 is 1.33 bits per heavy atom. The van der Waals surface area contributed by atoms with Crippen LogP contribution < -0.4 is 5.32 Å². The molecule has 0 spiro atoms. The number of nitrogens with one attached hydrogen (secondary N) is 1. The van der Waals surface area contributed by atoms with Crippen molar-refractivity contribution in [3.63, 3.8) is 0 Å². The summed E-state index contributed by atoms with van der Waals surface area (Å²) < 4.78 is 3.02. The van der Waals surface area contributed by atoms with Gasteiger partial charge in [0.05, 0.1) is 16.4 Å². The molecule has 96 valence electrons. The van der Waals surface area contributed by atoms with Crippen LogP contribution in [0, 0.1) is 0 Å². The Hall–Kier alpha value is -1.13. The van der Waals surface area contributed by atoms with Gasteiger partial charge in [0, 0.05) is 13.1 Å². The molecule has 1 N–H and O–H groups in total. The predicted octanol–water partition coefficient (Wildman–Crippen LogP) is 3.08. The lowest BCUT2D eigenvalue weighted by molar-refractivity contribution is 0.535. The minimum Gasteiger partial charge on any atom is -0.313 e. The van der Waals surface area contributed by atoms with Gasteiger partial charge < -0.3 is 5.32 Å². The Bertz CT molecular complexity index is 473. The van der Waals surface area contributed by atoms with Crippen LogP contribution in [0.3, 0.4) is 0 Å². The molecule has 2 rings (SSSR count). The lowest BCUT2D eigenvalue weighted by Gasteiger charge is -2.16. The molecule has 1 heterocycles. The molecule has 0 aliphatic heterocycles. The van der Waals surface area contributed by atoms with E-state index >= 15 is 0 Å². The zero-order valence-electron chi connectivity index (χ0n) is 10.7. The monoisotopic (exact) mass is 307 g/mol. The van der Waals surface area contributed by atoms with Crippen molar-refractivity contribution in [2.75, 3.05) is 7.05 Å². The summed E-state index contributed by atoms with van der Waals surface area (Å²) in [6, 6.07) is 10.9. The number of rotatable bonds is 5. The molecule has 1 aromatic heterocycles. The van der Waals surface area contributed by atoms with E-state index in [0.717, 1.165) is 17.3 Å². The van der Waals surface area contributed by atoms with E-state index in [2.05, 4.69) is 50.6 Å². The highest BCUT2D eigenvalue weighted by atomic mass is 79.9. The third kappa shape index (κ3) is 3.00. The molecule has 0 saturated carbocycles. The highest BCUT2D eigenvalue weighted by Gasteiger charge is 2.12. The Morgan fingerprint density at radius 3 is 2.61 bits per heavy atom. The highest BCUT2D eigenvalue weighted by Crippen LogP contribution is 2.22. The van der Waals surface area contributed by atoms with Gasteiger partial charge in [-0.1, -0.05) is 30.3 Å². The third-order valence-corrected chi connectivity index (χ3v) is 3.89. The molecule has 4 heteroatoms. The Balaban J connectivity index is 2.04. The SMILES string of the molecule is CNC(CCc1c(Br)cnn1C)c1ccccc1. The Labute approximate surface area is 116 Å². The first-order valence-electron chi connectivity index (χ1n) is 6.11. The van der Waals surface area contributed by atoms with Crippen molar-refractivity contribution in [3.8, 4) is 0 Å². The highest BCUT2D eigenvalue weighted by molar-refractivity contribution is 9.10. The maximum absolute atomic E-state index is 4.24. The molecule has 1 unspecified atom stereocenters.